The van der Waals surface area contributed by atoms with Crippen molar-refractivity contribution in [3.63, 3.8) is 0 Å². The van der Waals surface area contributed by atoms with Gasteiger partial charge in [-0.05, 0) is 31.2 Å². The molecule has 1 aromatic heterocycles. The number of anilines is 1. The third-order valence-electron chi connectivity index (χ3n) is 2.13. The molecule has 0 atom stereocenters. The number of benzene rings is 1. The Hall–Kier alpha value is -2.43. The molecule has 1 heterocycles. The first-order chi connectivity index (χ1) is 8.16. The van der Waals surface area contributed by atoms with Crippen molar-refractivity contribution in [3.8, 4) is 11.8 Å². The normalized spacial score (nSPS) is 9.94. The number of carbonyl (C=O) groups excluding carboxylic acids is 1. The quantitative estimate of drug-likeness (QED) is 0.643. The van der Waals surface area contributed by atoms with Crippen LogP contribution in [0.25, 0.3) is 0 Å². The monoisotopic (exact) mass is 229 g/mol. The number of ether oxygens (including phenoxy) is 1. The number of nitrogen functional groups attached to an aromatic ring is 1. The number of carbonyl (C=O) groups is 1. The molecule has 0 saturated carbocycles. The van der Waals surface area contributed by atoms with Crippen LogP contribution in [0.4, 0.5) is 5.69 Å². The molecule has 0 aliphatic rings. The second-order valence-corrected chi connectivity index (χ2v) is 3.45. The van der Waals surface area contributed by atoms with Gasteiger partial charge in [0.05, 0.1) is 5.56 Å². The molecule has 2 N–H and O–H groups in total. The van der Waals surface area contributed by atoms with Crippen LogP contribution in [0, 0.1) is 0 Å². The lowest BCUT2D eigenvalue weighted by Gasteiger charge is -2.08. The van der Waals surface area contributed by atoms with Gasteiger partial charge in [-0.15, -0.1) is 0 Å². The first kappa shape index (κ1) is 11.1. The van der Waals surface area contributed by atoms with Crippen LogP contribution in [-0.2, 0) is 0 Å². The second kappa shape index (κ2) is 4.61. The van der Waals surface area contributed by atoms with Gasteiger partial charge in [-0.25, -0.2) is 9.97 Å². The van der Waals surface area contributed by atoms with E-state index in [0.29, 0.717) is 17.0 Å². The van der Waals surface area contributed by atoms with Gasteiger partial charge in [-0.3, -0.25) is 4.79 Å². The summed E-state index contributed by atoms with van der Waals surface area (Å²) >= 11 is 0. The molecule has 86 valence electrons. The molecule has 0 fully saturated rings. The molecule has 0 bridgehead atoms. The zero-order valence-electron chi connectivity index (χ0n) is 9.25. The number of nitrogens with zero attached hydrogens (tertiary/aromatic N) is 2. The third-order valence-corrected chi connectivity index (χ3v) is 2.13. The lowest BCUT2D eigenvalue weighted by molar-refractivity contribution is 0.101. The van der Waals surface area contributed by atoms with E-state index >= 15 is 0 Å². The maximum Gasteiger partial charge on any atom is 0.321 e. The van der Waals surface area contributed by atoms with Crippen molar-refractivity contribution in [1.82, 2.24) is 9.97 Å². The Morgan fingerprint density at radius 3 is 2.65 bits per heavy atom. The number of Topliss-reactive ketones (excluding diaryl/α,β-unsaturated/α-hetero) is 1. The van der Waals surface area contributed by atoms with Gasteiger partial charge in [0.1, 0.15) is 5.75 Å². The molecule has 0 aliphatic carbocycles. The number of hydrogen-bond donors (Lipinski definition) is 1. The van der Waals surface area contributed by atoms with Gasteiger partial charge >= 0.3 is 6.01 Å². The van der Waals surface area contributed by atoms with Gasteiger partial charge in [-0.1, -0.05) is 0 Å². The molecule has 0 aliphatic heterocycles. The van der Waals surface area contributed by atoms with E-state index in [4.69, 9.17) is 10.5 Å². The van der Waals surface area contributed by atoms with E-state index in [1.54, 1.807) is 36.7 Å². The highest BCUT2D eigenvalue weighted by Gasteiger charge is 2.10. The zero-order chi connectivity index (χ0) is 12.3. The summed E-state index contributed by atoms with van der Waals surface area (Å²) in [5.41, 5.74) is 6.54. The van der Waals surface area contributed by atoms with Crippen LogP contribution in [0.1, 0.15) is 17.3 Å². The summed E-state index contributed by atoms with van der Waals surface area (Å²) in [6, 6.07) is 6.73. The SMILES string of the molecule is CC(=O)c1cc(N)ccc1Oc1ncccn1. The Bertz CT molecular complexity index is 541. The fourth-order valence-electron chi connectivity index (χ4n) is 1.35. The first-order valence-corrected chi connectivity index (χ1v) is 5.02. The standard InChI is InChI=1S/C12H11N3O2/c1-8(16)10-7-9(13)3-4-11(10)17-12-14-5-2-6-15-12/h2-7H,13H2,1H3. The van der Waals surface area contributed by atoms with Crippen LogP contribution in [0.5, 0.6) is 11.8 Å². The molecule has 0 spiro atoms. The zero-order valence-corrected chi connectivity index (χ0v) is 9.25. The van der Waals surface area contributed by atoms with Gasteiger partial charge in [0.15, 0.2) is 5.78 Å². The molecule has 0 radical (unpaired) electrons. The van der Waals surface area contributed by atoms with Gasteiger partial charge < -0.3 is 10.5 Å². The van der Waals surface area contributed by atoms with E-state index in [-0.39, 0.29) is 11.8 Å². The average Bonchev–Trinajstić information content (AvgIpc) is 2.32. The fraction of sp³-hybridized carbons (Fsp3) is 0.0833. The number of rotatable bonds is 3. The summed E-state index contributed by atoms with van der Waals surface area (Å²) in [7, 11) is 0. The lowest BCUT2D eigenvalue weighted by atomic mass is 10.1. The summed E-state index contributed by atoms with van der Waals surface area (Å²) in [5, 5.41) is 0. The Balaban J connectivity index is 2.36. The predicted molar refractivity (Wildman–Crippen MR) is 63.0 cm³/mol. The Kier molecular flexibility index (Phi) is 3.00. The number of aromatic nitrogens is 2. The summed E-state index contributed by atoms with van der Waals surface area (Å²) in [5.74, 6) is 0.279. The minimum absolute atomic E-state index is 0.122. The summed E-state index contributed by atoms with van der Waals surface area (Å²) in [6.45, 7) is 1.45. The van der Waals surface area contributed by atoms with Crippen LogP contribution in [0.2, 0.25) is 0 Å². The van der Waals surface area contributed by atoms with Crippen LogP contribution >= 0.6 is 0 Å². The lowest BCUT2D eigenvalue weighted by Crippen LogP contribution is -2.00. The molecule has 2 aromatic rings. The first-order valence-electron chi connectivity index (χ1n) is 5.02. The van der Waals surface area contributed by atoms with Crippen molar-refractivity contribution >= 4 is 11.5 Å². The minimum Gasteiger partial charge on any atom is -0.424 e. The minimum atomic E-state index is -0.122. The Morgan fingerprint density at radius 2 is 2.00 bits per heavy atom. The van der Waals surface area contributed by atoms with Gasteiger partial charge in [0, 0.05) is 18.1 Å². The predicted octanol–water partition coefficient (Wildman–Crippen LogP) is 2.05. The van der Waals surface area contributed by atoms with E-state index < -0.39 is 0 Å². The van der Waals surface area contributed by atoms with Crippen LogP contribution in [-0.4, -0.2) is 15.8 Å². The summed E-state index contributed by atoms with van der Waals surface area (Å²) < 4.78 is 5.43. The van der Waals surface area contributed by atoms with E-state index in [9.17, 15) is 4.79 Å². The highest BCUT2D eigenvalue weighted by Crippen LogP contribution is 2.25. The molecule has 2 rings (SSSR count). The summed E-state index contributed by atoms with van der Waals surface area (Å²) in [6.07, 6.45) is 3.13. The fourth-order valence-corrected chi connectivity index (χ4v) is 1.35. The van der Waals surface area contributed by atoms with Crippen LogP contribution in [0.15, 0.2) is 36.7 Å². The van der Waals surface area contributed by atoms with Crippen molar-refractivity contribution in [2.24, 2.45) is 0 Å². The molecule has 5 nitrogen and oxygen atoms in total. The number of nitrogens with two attached hydrogens (primary N) is 1. The number of ketones is 1. The van der Waals surface area contributed by atoms with Gasteiger partial charge in [0.2, 0.25) is 0 Å². The van der Waals surface area contributed by atoms with E-state index in [0.717, 1.165) is 0 Å². The van der Waals surface area contributed by atoms with Crippen LogP contribution in [0.3, 0.4) is 0 Å². The topological polar surface area (TPSA) is 78.1 Å². The smallest absolute Gasteiger partial charge is 0.321 e. The molecule has 0 unspecified atom stereocenters. The van der Waals surface area contributed by atoms with Crippen LogP contribution < -0.4 is 10.5 Å². The molecular weight excluding hydrogens is 218 g/mol. The van der Waals surface area contributed by atoms with E-state index in [1.807, 2.05) is 0 Å². The second-order valence-electron chi connectivity index (χ2n) is 3.45. The molecule has 0 amide bonds. The molecule has 0 saturated heterocycles. The molecular formula is C12H11N3O2. The molecule has 1 aromatic carbocycles. The van der Waals surface area contributed by atoms with Crippen molar-refractivity contribution < 1.29 is 9.53 Å². The molecule has 5 heteroatoms. The largest absolute Gasteiger partial charge is 0.424 e. The Morgan fingerprint density at radius 1 is 1.29 bits per heavy atom. The maximum atomic E-state index is 11.4. The number of hydrogen-bond acceptors (Lipinski definition) is 5. The third kappa shape index (κ3) is 2.57. The van der Waals surface area contributed by atoms with E-state index in [2.05, 4.69) is 9.97 Å². The van der Waals surface area contributed by atoms with E-state index in [1.165, 1.54) is 6.92 Å². The van der Waals surface area contributed by atoms with Crippen molar-refractivity contribution in [2.45, 2.75) is 6.92 Å². The highest BCUT2D eigenvalue weighted by atomic mass is 16.5. The average molecular weight is 229 g/mol. The summed E-state index contributed by atoms with van der Waals surface area (Å²) in [4.78, 5) is 19.3. The van der Waals surface area contributed by atoms with Crippen molar-refractivity contribution in [1.29, 1.82) is 0 Å². The molecule has 17 heavy (non-hydrogen) atoms. The van der Waals surface area contributed by atoms with Gasteiger partial charge in [0.25, 0.3) is 0 Å². The van der Waals surface area contributed by atoms with Gasteiger partial charge in [-0.2, -0.15) is 0 Å². The van der Waals surface area contributed by atoms with Crippen molar-refractivity contribution in [3.05, 3.63) is 42.2 Å². The van der Waals surface area contributed by atoms with Crippen molar-refractivity contribution in [2.75, 3.05) is 5.73 Å². The highest BCUT2D eigenvalue weighted by molar-refractivity contribution is 5.97. The Labute approximate surface area is 98.3 Å². The maximum absolute atomic E-state index is 11.4.